The van der Waals surface area contributed by atoms with Gasteiger partial charge in [-0.25, -0.2) is 9.67 Å². The number of amides is 1. The Balaban J connectivity index is 1.93. The van der Waals surface area contributed by atoms with Crippen LogP contribution in [0.5, 0.6) is 0 Å². The smallest absolute Gasteiger partial charge is 0.226 e. The van der Waals surface area contributed by atoms with Crippen molar-refractivity contribution >= 4 is 5.91 Å². The lowest BCUT2D eigenvalue weighted by atomic mass is 9.87. The molecule has 1 aliphatic rings. The van der Waals surface area contributed by atoms with Crippen LogP contribution in [0.15, 0.2) is 6.33 Å². The fourth-order valence-electron chi connectivity index (χ4n) is 2.73. The van der Waals surface area contributed by atoms with Gasteiger partial charge in [-0.2, -0.15) is 5.10 Å². The molecule has 112 valence electrons. The van der Waals surface area contributed by atoms with Crippen molar-refractivity contribution in [3.8, 4) is 0 Å². The third-order valence-corrected chi connectivity index (χ3v) is 3.78. The first-order valence-corrected chi connectivity index (χ1v) is 7.39. The molecular weight excluding hydrogens is 256 g/mol. The van der Waals surface area contributed by atoms with Crippen LogP contribution in [0.4, 0.5) is 0 Å². The number of aryl methyl sites for hydroxylation is 1. The van der Waals surface area contributed by atoms with E-state index in [-0.39, 0.29) is 17.9 Å². The van der Waals surface area contributed by atoms with Gasteiger partial charge in [0.25, 0.3) is 0 Å². The first-order chi connectivity index (χ1) is 9.63. The SMILES string of the molecule is CCn1ncnc1CNC(=O)[C@@H]1CCCO[C@@H]1C(C)C. The number of aromatic nitrogens is 3. The van der Waals surface area contributed by atoms with Crippen molar-refractivity contribution in [2.24, 2.45) is 11.8 Å². The lowest BCUT2D eigenvalue weighted by Crippen LogP contribution is -2.43. The molecular formula is C14H24N4O2. The van der Waals surface area contributed by atoms with Crippen LogP contribution >= 0.6 is 0 Å². The topological polar surface area (TPSA) is 69.0 Å². The minimum atomic E-state index is -0.0539. The maximum Gasteiger partial charge on any atom is 0.226 e. The number of hydrogen-bond donors (Lipinski definition) is 1. The lowest BCUT2D eigenvalue weighted by molar-refractivity contribution is -0.137. The van der Waals surface area contributed by atoms with Crippen molar-refractivity contribution in [2.75, 3.05) is 6.61 Å². The Bertz CT molecular complexity index is 444. The van der Waals surface area contributed by atoms with Crippen molar-refractivity contribution < 1.29 is 9.53 Å². The molecule has 0 spiro atoms. The zero-order chi connectivity index (χ0) is 14.5. The number of nitrogens with zero attached hydrogens (tertiary/aromatic N) is 3. The molecule has 1 N–H and O–H groups in total. The van der Waals surface area contributed by atoms with Gasteiger partial charge in [-0.1, -0.05) is 13.8 Å². The van der Waals surface area contributed by atoms with Gasteiger partial charge >= 0.3 is 0 Å². The molecule has 1 amide bonds. The molecule has 1 saturated heterocycles. The van der Waals surface area contributed by atoms with E-state index in [2.05, 4.69) is 29.2 Å². The van der Waals surface area contributed by atoms with Crippen LogP contribution < -0.4 is 5.32 Å². The molecule has 1 fully saturated rings. The van der Waals surface area contributed by atoms with Gasteiger partial charge in [-0.05, 0) is 25.7 Å². The largest absolute Gasteiger partial charge is 0.377 e. The van der Waals surface area contributed by atoms with Crippen LogP contribution in [0.3, 0.4) is 0 Å². The van der Waals surface area contributed by atoms with E-state index in [0.717, 1.165) is 31.8 Å². The molecule has 2 heterocycles. The Morgan fingerprint density at radius 3 is 3.10 bits per heavy atom. The summed E-state index contributed by atoms with van der Waals surface area (Å²) in [7, 11) is 0. The second kappa shape index (κ2) is 6.83. The minimum Gasteiger partial charge on any atom is -0.377 e. The molecule has 0 aliphatic carbocycles. The number of ether oxygens (including phenoxy) is 1. The number of nitrogens with one attached hydrogen (secondary N) is 1. The number of rotatable bonds is 5. The van der Waals surface area contributed by atoms with E-state index in [1.54, 1.807) is 4.68 Å². The van der Waals surface area contributed by atoms with Crippen LogP contribution in [0.25, 0.3) is 0 Å². The van der Waals surface area contributed by atoms with Crippen LogP contribution in [0.2, 0.25) is 0 Å². The van der Waals surface area contributed by atoms with Crippen LogP contribution in [-0.4, -0.2) is 33.4 Å². The van der Waals surface area contributed by atoms with Crippen molar-refractivity contribution in [1.29, 1.82) is 0 Å². The van der Waals surface area contributed by atoms with Gasteiger partial charge in [0.15, 0.2) is 0 Å². The predicted octanol–water partition coefficient (Wildman–Crippen LogP) is 1.37. The van der Waals surface area contributed by atoms with Crippen molar-refractivity contribution in [3.63, 3.8) is 0 Å². The second-order valence-electron chi connectivity index (χ2n) is 5.54. The third-order valence-electron chi connectivity index (χ3n) is 3.78. The molecule has 6 heteroatoms. The molecule has 1 aliphatic heterocycles. The highest BCUT2D eigenvalue weighted by atomic mass is 16.5. The van der Waals surface area contributed by atoms with Gasteiger partial charge in [0, 0.05) is 13.2 Å². The molecule has 1 aromatic rings. The summed E-state index contributed by atoms with van der Waals surface area (Å²) in [5.41, 5.74) is 0. The summed E-state index contributed by atoms with van der Waals surface area (Å²) in [6, 6.07) is 0. The zero-order valence-electron chi connectivity index (χ0n) is 12.5. The fourth-order valence-corrected chi connectivity index (χ4v) is 2.73. The van der Waals surface area contributed by atoms with Gasteiger partial charge in [0.1, 0.15) is 12.2 Å². The summed E-state index contributed by atoms with van der Waals surface area (Å²) in [6.45, 7) is 8.15. The normalized spacial score (nSPS) is 23.0. The van der Waals surface area contributed by atoms with E-state index >= 15 is 0 Å². The van der Waals surface area contributed by atoms with Crippen molar-refractivity contribution in [1.82, 2.24) is 20.1 Å². The monoisotopic (exact) mass is 280 g/mol. The van der Waals surface area contributed by atoms with E-state index in [0.29, 0.717) is 12.5 Å². The Morgan fingerprint density at radius 1 is 1.60 bits per heavy atom. The molecule has 0 radical (unpaired) electrons. The van der Waals surface area contributed by atoms with E-state index in [1.165, 1.54) is 6.33 Å². The predicted molar refractivity (Wildman–Crippen MR) is 74.8 cm³/mol. The van der Waals surface area contributed by atoms with E-state index in [1.807, 2.05) is 6.92 Å². The molecule has 6 nitrogen and oxygen atoms in total. The first-order valence-electron chi connectivity index (χ1n) is 7.39. The fraction of sp³-hybridized carbons (Fsp3) is 0.786. The summed E-state index contributed by atoms with van der Waals surface area (Å²) >= 11 is 0. The zero-order valence-corrected chi connectivity index (χ0v) is 12.5. The Labute approximate surface area is 119 Å². The van der Waals surface area contributed by atoms with Crippen LogP contribution in [0.1, 0.15) is 39.4 Å². The Kier molecular flexibility index (Phi) is 5.11. The maximum atomic E-state index is 12.4. The van der Waals surface area contributed by atoms with E-state index in [9.17, 15) is 4.79 Å². The molecule has 2 rings (SSSR count). The summed E-state index contributed by atoms with van der Waals surface area (Å²) in [5, 5.41) is 7.07. The van der Waals surface area contributed by atoms with Gasteiger partial charge < -0.3 is 10.1 Å². The summed E-state index contributed by atoms with van der Waals surface area (Å²) in [4.78, 5) is 16.5. The van der Waals surface area contributed by atoms with Gasteiger partial charge in [0.2, 0.25) is 5.91 Å². The average molecular weight is 280 g/mol. The maximum absolute atomic E-state index is 12.4. The molecule has 1 aromatic heterocycles. The van der Waals surface area contributed by atoms with Crippen molar-refractivity contribution in [2.45, 2.75) is 52.8 Å². The highest BCUT2D eigenvalue weighted by Gasteiger charge is 2.33. The molecule has 0 aromatic carbocycles. The highest BCUT2D eigenvalue weighted by molar-refractivity contribution is 5.79. The Hall–Kier alpha value is -1.43. The van der Waals surface area contributed by atoms with Gasteiger partial charge in [-0.3, -0.25) is 4.79 Å². The van der Waals surface area contributed by atoms with Crippen LogP contribution in [-0.2, 0) is 22.6 Å². The molecule has 0 saturated carbocycles. The third kappa shape index (κ3) is 3.36. The van der Waals surface area contributed by atoms with E-state index in [4.69, 9.17) is 4.74 Å². The molecule has 0 unspecified atom stereocenters. The summed E-state index contributed by atoms with van der Waals surface area (Å²) < 4.78 is 7.55. The number of carbonyl (C=O) groups excluding carboxylic acids is 1. The molecule has 0 bridgehead atoms. The van der Waals surface area contributed by atoms with E-state index < -0.39 is 0 Å². The molecule has 2 atom stereocenters. The standard InChI is InChI=1S/C14H24N4O2/c1-4-18-12(16-9-17-18)8-15-14(19)11-6-5-7-20-13(11)10(2)3/h9-11,13H,4-8H2,1-3H3,(H,15,19)/t11-,13-/m1/s1. The lowest BCUT2D eigenvalue weighted by Gasteiger charge is -2.33. The highest BCUT2D eigenvalue weighted by Crippen LogP contribution is 2.26. The van der Waals surface area contributed by atoms with Crippen LogP contribution in [0, 0.1) is 11.8 Å². The summed E-state index contributed by atoms with van der Waals surface area (Å²) in [6.07, 6.45) is 3.39. The average Bonchev–Trinajstić information content (AvgIpc) is 2.92. The Morgan fingerprint density at radius 2 is 2.40 bits per heavy atom. The van der Waals surface area contributed by atoms with Crippen molar-refractivity contribution in [3.05, 3.63) is 12.2 Å². The second-order valence-corrected chi connectivity index (χ2v) is 5.54. The molecule has 20 heavy (non-hydrogen) atoms. The van der Waals surface area contributed by atoms with Gasteiger partial charge in [-0.15, -0.1) is 0 Å². The number of carbonyl (C=O) groups is 1. The summed E-state index contributed by atoms with van der Waals surface area (Å²) in [5.74, 6) is 1.15. The first kappa shape index (κ1) is 15.0. The van der Waals surface area contributed by atoms with Gasteiger partial charge in [0.05, 0.1) is 18.6 Å². The minimum absolute atomic E-state index is 0.0211. The number of hydrogen-bond acceptors (Lipinski definition) is 4. The quantitative estimate of drug-likeness (QED) is 0.884.